The third-order valence-corrected chi connectivity index (χ3v) is 2.75. The summed E-state index contributed by atoms with van der Waals surface area (Å²) in [6.07, 6.45) is 4.97. The Bertz CT molecular complexity index is 387. The molecule has 0 atom stereocenters. The molecule has 0 saturated heterocycles. The van der Waals surface area contributed by atoms with E-state index in [1.807, 2.05) is 5.38 Å². The van der Waals surface area contributed by atoms with Gasteiger partial charge in [0.15, 0.2) is 0 Å². The molecule has 0 N–H and O–H groups in total. The van der Waals surface area contributed by atoms with Gasteiger partial charge in [0, 0.05) is 17.8 Å². The summed E-state index contributed by atoms with van der Waals surface area (Å²) in [6.45, 7) is 0. The molecule has 2 aromatic rings. The Balaban J connectivity index is 2.36. The lowest BCUT2D eigenvalue weighted by atomic mass is 10.4. The smallest absolute Gasteiger partial charge is 0.108 e. The molecular weight excluding hydrogens is 206 g/mol. The zero-order valence-corrected chi connectivity index (χ0v) is 8.22. The molecule has 0 fully saturated rings. The van der Waals surface area contributed by atoms with E-state index in [-0.39, 0.29) is 0 Å². The van der Waals surface area contributed by atoms with E-state index in [1.54, 1.807) is 18.6 Å². The van der Waals surface area contributed by atoms with Crippen molar-refractivity contribution in [3.8, 4) is 11.4 Å². The number of hydrogen-bond donors (Lipinski definition) is 0. The van der Waals surface area contributed by atoms with Crippen molar-refractivity contribution >= 4 is 22.9 Å². The molecule has 0 aliphatic rings. The van der Waals surface area contributed by atoms with Crippen LogP contribution in [-0.4, -0.2) is 15.0 Å². The van der Waals surface area contributed by atoms with Gasteiger partial charge in [-0.2, -0.15) is 0 Å². The van der Waals surface area contributed by atoms with Gasteiger partial charge in [0.05, 0.1) is 12.1 Å². The molecule has 0 aliphatic heterocycles. The number of nitrogens with zero attached hydrogens (tertiary/aromatic N) is 3. The number of halogens is 1. The lowest BCUT2D eigenvalue weighted by molar-refractivity contribution is 1.17. The lowest BCUT2D eigenvalue weighted by Gasteiger charge is -1.91. The van der Waals surface area contributed by atoms with Crippen LogP contribution in [0.2, 0.25) is 0 Å². The third kappa shape index (κ3) is 1.84. The molecule has 2 aromatic heterocycles. The average Bonchev–Trinajstić information content (AvgIpc) is 2.67. The minimum Gasteiger partial charge on any atom is -0.261 e. The molecule has 5 heteroatoms. The first kappa shape index (κ1) is 8.59. The van der Waals surface area contributed by atoms with E-state index < -0.39 is 0 Å². The summed E-state index contributed by atoms with van der Waals surface area (Å²) in [5, 5.41) is 2.84. The van der Waals surface area contributed by atoms with Gasteiger partial charge >= 0.3 is 0 Å². The zero-order chi connectivity index (χ0) is 9.10. The standard InChI is InChI=1S/C8H6ClN3S/c9-3-8-12-7(5-13-8)6-4-10-1-2-11-6/h1-2,4-5H,3H2. The van der Waals surface area contributed by atoms with Gasteiger partial charge in [-0.25, -0.2) is 4.98 Å². The summed E-state index contributed by atoms with van der Waals surface area (Å²) in [6, 6.07) is 0. The second kappa shape index (κ2) is 3.81. The van der Waals surface area contributed by atoms with Crippen molar-refractivity contribution in [1.29, 1.82) is 0 Å². The van der Waals surface area contributed by atoms with Crippen LogP contribution >= 0.6 is 22.9 Å². The molecule has 13 heavy (non-hydrogen) atoms. The SMILES string of the molecule is ClCc1nc(-c2cnccn2)cs1. The third-order valence-electron chi connectivity index (χ3n) is 1.49. The van der Waals surface area contributed by atoms with Crippen molar-refractivity contribution in [2.24, 2.45) is 0 Å². The summed E-state index contributed by atoms with van der Waals surface area (Å²) in [4.78, 5) is 12.4. The number of rotatable bonds is 2. The summed E-state index contributed by atoms with van der Waals surface area (Å²) < 4.78 is 0. The Morgan fingerprint density at radius 3 is 2.85 bits per heavy atom. The number of alkyl halides is 1. The van der Waals surface area contributed by atoms with Crippen molar-refractivity contribution < 1.29 is 0 Å². The minimum atomic E-state index is 0.449. The number of thiazole rings is 1. The Morgan fingerprint density at radius 2 is 2.23 bits per heavy atom. The van der Waals surface area contributed by atoms with E-state index in [9.17, 15) is 0 Å². The van der Waals surface area contributed by atoms with E-state index >= 15 is 0 Å². The van der Waals surface area contributed by atoms with Crippen molar-refractivity contribution in [3.63, 3.8) is 0 Å². The van der Waals surface area contributed by atoms with E-state index in [4.69, 9.17) is 11.6 Å². The van der Waals surface area contributed by atoms with Crippen LogP contribution < -0.4 is 0 Å². The monoisotopic (exact) mass is 211 g/mol. The highest BCUT2D eigenvalue weighted by molar-refractivity contribution is 7.10. The normalized spacial score (nSPS) is 10.2. The molecule has 0 saturated carbocycles. The topological polar surface area (TPSA) is 38.7 Å². The van der Waals surface area contributed by atoms with Crippen LogP contribution in [0.3, 0.4) is 0 Å². The fraction of sp³-hybridized carbons (Fsp3) is 0.125. The molecule has 3 nitrogen and oxygen atoms in total. The number of aromatic nitrogens is 3. The molecule has 0 bridgehead atoms. The zero-order valence-electron chi connectivity index (χ0n) is 6.64. The summed E-state index contributed by atoms with van der Waals surface area (Å²) in [7, 11) is 0. The molecule has 0 amide bonds. The van der Waals surface area contributed by atoms with Crippen molar-refractivity contribution in [3.05, 3.63) is 29.0 Å². The molecule has 2 rings (SSSR count). The maximum atomic E-state index is 5.64. The van der Waals surface area contributed by atoms with Crippen molar-refractivity contribution in [2.45, 2.75) is 5.88 Å². The van der Waals surface area contributed by atoms with Gasteiger partial charge < -0.3 is 0 Å². The molecule has 0 radical (unpaired) electrons. The van der Waals surface area contributed by atoms with Gasteiger partial charge in [-0.3, -0.25) is 9.97 Å². The quantitative estimate of drug-likeness (QED) is 0.716. The fourth-order valence-corrected chi connectivity index (χ4v) is 1.81. The summed E-state index contributed by atoms with van der Waals surface area (Å²) in [5.41, 5.74) is 1.63. The molecule has 0 aliphatic carbocycles. The van der Waals surface area contributed by atoms with Gasteiger partial charge in [0.1, 0.15) is 16.4 Å². The van der Waals surface area contributed by atoms with E-state index in [0.717, 1.165) is 16.4 Å². The highest BCUT2D eigenvalue weighted by Crippen LogP contribution is 2.19. The van der Waals surface area contributed by atoms with Gasteiger partial charge in [0.25, 0.3) is 0 Å². The maximum Gasteiger partial charge on any atom is 0.108 e. The van der Waals surface area contributed by atoms with Crippen LogP contribution in [-0.2, 0) is 5.88 Å². The second-order valence-electron chi connectivity index (χ2n) is 2.35. The average molecular weight is 212 g/mol. The van der Waals surface area contributed by atoms with Crippen molar-refractivity contribution in [2.75, 3.05) is 0 Å². The van der Waals surface area contributed by atoms with Gasteiger partial charge in [0.2, 0.25) is 0 Å². The minimum absolute atomic E-state index is 0.449. The van der Waals surface area contributed by atoms with E-state index in [1.165, 1.54) is 11.3 Å². The molecule has 0 spiro atoms. The molecule has 2 heterocycles. The predicted octanol–water partition coefficient (Wildman–Crippen LogP) is 2.34. The van der Waals surface area contributed by atoms with Crippen LogP contribution in [0.15, 0.2) is 24.0 Å². The van der Waals surface area contributed by atoms with Gasteiger partial charge in [-0.1, -0.05) is 0 Å². The molecular formula is C8H6ClN3S. The van der Waals surface area contributed by atoms with E-state index in [2.05, 4.69) is 15.0 Å². The van der Waals surface area contributed by atoms with Crippen LogP contribution in [0.5, 0.6) is 0 Å². The fourth-order valence-electron chi connectivity index (χ4n) is 0.921. The Kier molecular flexibility index (Phi) is 2.52. The molecule has 66 valence electrons. The van der Waals surface area contributed by atoms with E-state index in [0.29, 0.717) is 5.88 Å². The first-order valence-electron chi connectivity index (χ1n) is 3.67. The van der Waals surface area contributed by atoms with Gasteiger partial charge in [-0.05, 0) is 0 Å². The summed E-state index contributed by atoms with van der Waals surface area (Å²) >= 11 is 7.17. The largest absolute Gasteiger partial charge is 0.261 e. The first-order chi connectivity index (χ1) is 6.40. The lowest BCUT2D eigenvalue weighted by Crippen LogP contribution is -1.84. The molecule has 0 unspecified atom stereocenters. The van der Waals surface area contributed by atoms with Crippen molar-refractivity contribution in [1.82, 2.24) is 15.0 Å². The Morgan fingerprint density at radius 1 is 1.31 bits per heavy atom. The Hall–Kier alpha value is -1.00. The predicted molar refractivity (Wildman–Crippen MR) is 52.7 cm³/mol. The van der Waals surface area contributed by atoms with Crippen LogP contribution in [0.1, 0.15) is 5.01 Å². The highest BCUT2D eigenvalue weighted by Gasteiger charge is 2.03. The van der Waals surface area contributed by atoms with Gasteiger partial charge in [-0.15, -0.1) is 22.9 Å². The summed E-state index contributed by atoms with van der Waals surface area (Å²) in [5.74, 6) is 0.449. The van der Waals surface area contributed by atoms with Crippen LogP contribution in [0.25, 0.3) is 11.4 Å². The molecule has 0 aromatic carbocycles. The Labute approximate surface area is 84.5 Å². The highest BCUT2D eigenvalue weighted by atomic mass is 35.5. The van der Waals surface area contributed by atoms with Crippen LogP contribution in [0.4, 0.5) is 0 Å². The van der Waals surface area contributed by atoms with Crippen LogP contribution in [0, 0.1) is 0 Å². The second-order valence-corrected chi connectivity index (χ2v) is 3.56. The maximum absolute atomic E-state index is 5.64. The first-order valence-corrected chi connectivity index (χ1v) is 5.08. The number of hydrogen-bond acceptors (Lipinski definition) is 4.